The summed E-state index contributed by atoms with van der Waals surface area (Å²) in [5.74, 6) is 0.162. The van der Waals surface area contributed by atoms with Crippen molar-refractivity contribution in [2.75, 3.05) is 0 Å². The number of benzene rings is 2. The molecular formula is C20H18ClFN6O. The zero-order chi connectivity index (χ0) is 20.4. The molecule has 0 aliphatic rings. The number of hydrogen-bond donors (Lipinski definition) is 2. The Morgan fingerprint density at radius 3 is 2.93 bits per heavy atom. The fourth-order valence-corrected chi connectivity index (χ4v) is 3.14. The highest BCUT2D eigenvalue weighted by molar-refractivity contribution is 6.30. The Kier molecular flexibility index (Phi) is 5.26. The molecular weight excluding hydrogens is 395 g/mol. The number of amides is 1. The maximum atomic E-state index is 13.7. The van der Waals surface area contributed by atoms with Crippen LogP contribution in [0.25, 0.3) is 22.3 Å². The van der Waals surface area contributed by atoms with E-state index in [1.165, 1.54) is 12.1 Å². The molecule has 148 valence electrons. The van der Waals surface area contributed by atoms with E-state index in [1.54, 1.807) is 16.9 Å². The van der Waals surface area contributed by atoms with Crippen LogP contribution in [-0.2, 0) is 24.3 Å². The van der Waals surface area contributed by atoms with Gasteiger partial charge in [0.1, 0.15) is 11.6 Å². The van der Waals surface area contributed by atoms with Crippen LogP contribution in [0.3, 0.4) is 0 Å². The first kappa shape index (κ1) is 19.1. The molecule has 0 saturated heterocycles. The molecule has 0 unspecified atom stereocenters. The monoisotopic (exact) mass is 412 g/mol. The van der Waals surface area contributed by atoms with Crippen LogP contribution < -0.4 is 5.32 Å². The topological polar surface area (TPSA) is 88.5 Å². The number of aryl methyl sites for hydroxylation is 1. The fraction of sp³-hybridized carbons (Fsp3) is 0.200. The summed E-state index contributed by atoms with van der Waals surface area (Å²) in [5, 5.41) is 15.2. The predicted molar refractivity (Wildman–Crippen MR) is 108 cm³/mol. The normalized spacial score (nSPS) is 11.1. The molecule has 2 heterocycles. The van der Waals surface area contributed by atoms with E-state index in [4.69, 9.17) is 11.6 Å². The van der Waals surface area contributed by atoms with Crippen LogP contribution in [-0.4, -0.2) is 30.9 Å². The van der Waals surface area contributed by atoms with Gasteiger partial charge in [0, 0.05) is 24.0 Å². The number of aromatic amines is 1. The predicted octanol–water partition coefficient (Wildman–Crippen LogP) is 3.49. The summed E-state index contributed by atoms with van der Waals surface area (Å²) in [6, 6.07) is 10.2. The quantitative estimate of drug-likeness (QED) is 0.507. The van der Waals surface area contributed by atoms with Gasteiger partial charge in [-0.2, -0.15) is 10.2 Å². The van der Waals surface area contributed by atoms with Crippen molar-refractivity contribution in [3.05, 3.63) is 64.8 Å². The van der Waals surface area contributed by atoms with Gasteiger partial charge in [0.2, 0.25) is 5.91 Å². The smallest absolute Gasteiger partial charge is 0.227 e. The van der Waals surface area contributed by atoms with Crippen LogP contribution in [0.2, 0.25) is 5.02 Å². The Labute approximate surface area is 170 Å². The molecule has 0 spiro atoms. The lowest BCUT2D eigenvalue weighted by molar-refractivity contribution is -0.120. The first-order chi connectivity index (χ1) is 14.0. The van der Waals surface area contributed by atoms with E-state index in [-0.39, 0.29) is 17.4 Å². The molecule has 29 heavy (non-hydrogen) atoms. The standard InChI is InChI=1S/C20H18ClFN6O/c1-2-28-18(25-20(27-28)13-4-5-15(21)16(22)8-13)9-19(29)23-10-12-3-6-17-14(7-12)11-24-26-17/h3-8,11H,2,9-10H2,1H3,(H,23,29)(H,24,26). The van der Waals surface area contributed by atoms with Crippen LogP contribution in [0.5, 0.6) is 0 Å². The van der Waals surface area contributed by atoms with Crippen molar-refractivity contribution in [3.8, 4) is 11.4 Å². The van der Waals surface area contributed by atoms with Crippen LogP contribution in [0, 0.1) is 5.82 Å². The maximum Gasteiger partial charge on any atom is 0.227 e. The molecule has 0 atom stereocenters. The summed E-state index contributed by atoms with van der Waals surface area (Å²) < 4.78 is 15.4. The van der Waals surface area contributed by atoms with E-state index in [0.29, 0.717) is 30.3 Å². The molecule has 4 rings (SSSR count). The molecule has 1 amide bonds. The second-order valence-electron chi connectivity index (χ2n) is 6.54. The number of rotatable bonds is 6. The largest absolute Gasteiger partial charge is 0.352 e. The first-order valence-corrected chi connectivity index (χ1v) is 9.49. The van der Waals surface area contributed by atoms with Gasteiger partial charge >= 0.3 is 0 Å². The second-order valence-corrected chi connectivity index (χ2v) is 6.95. The van der Waals surface area contributed by atoms with Crippen molar-refractivity contribution in [2.24, 2.45) is 0 Å². The third kappa shape index (κ3) is 4.12. The molecule has 0 radical (unpaired) electrons. The summed E-state index contributed by atoms with van der Waals surface area (Å²) in [7, 11) is 0. The number of hydrogen-bond acceptors (Lipinski definition) is 4. The summed E-state index contributed by atoms with van der Waals surface area (Å²) >= 11 is 5.73. The number of carbonyl (C=O) groups is 1. The Morgan fingerprint density at radius 1 is 1.28 bits per heavy atom. The van der Waals surface area contributed by atoms with E-state index in [9.17, 15) is 9.18 Å². The van der Waals surface area contributed by atoms with E-state index in [0.717, 1.165) is 16.5 Å². The fourth-order valence-electron chi connectivity index (χ4n) is 3.02. The summed E-state index contributed by atoms with van der Waals surface area (Å²) in [4.78, 5) is 16.8. The minimum absolute atomic E-state index is 0.0388. The van der Waals surface area contributed by atoms with E-state index in [1.807, 2.05) is 25.1 Å². The van der Waals surface area contributed by atoms with Gasteiger partial charge in [-0.15, -0.1) is 0 Å². The second kappa shape index (κ2) is 8.00. The van der Waals surface area contributed by atoms with Crippen molar-refractivity contribution >= 4 is 28.4 Å². The highest BCUT2D eigenvalue weighted by Gasteiger charge is 2.15. The summed E-state index contributed by atoms with van der Waals surface area (Å²) in [6.45, 7) is 2.85. The van der Waals surface area contributed by atoms with Crippen LogP contribution >= 0.6 is 11.6 Å². The molecule has 0 aliphatic heterocycles. The van der Waals surface area contributed by atoms with E-state index < -0.39 is 5.82 Å². The number of nitrogens with one attached hydrogen (secondary N) is 2. The van der Waals surface area contributed by atoms with Crippen molar-refractivity contribution < 1.29 is 9.18 Å². The molecule has 4 aromatic rings. The third-order valence-electron chi connectivity index (χ3n) is 4.54. The molecule has 2 aromatic heterocycles. The van der Waals surface area contributed by atoms with Crippen LogP contribution in [0.1, 0.15) is 18.3 Å². The zero-order valence-corrected chi connectivity index (χ0v) is 16.4. The van der Waals surface area contributed by atoms with Gasteiger partial charge < -0.3 is 5.32 Å². The molecule has 7 nitrogen and oxygen atoms in total. The minimum atomic E-state index is -0.536. The van der Waals surface area contributed by atoms with Gasteiger partial charge in [0.15, 0.2) is 5.82 Å². The van der Waals surface area contributed by atoms with Crippen molar-refractivity contribution in [2.45, 2.75) is 26.4 Å². The summed E-state index contributed by atoms with van der Waals surface area (Å²) in [6.07, 6.45) is 1.82. The van der Waals surface area contributed by atoms with Crippen LogP contribution in [0.4, 0.5) is 4.39 Å². The van der Waals surface area contributed by atoms with Crippen molar-refractivity contribution in [1.29, 1.82) is 0 Å². The van der Waals surface area contributed by atoms with Gasteiger partial charge in [-0.1, -0.05) is 17.7 Å². The Bertz CT molecular complexity index is 1180. The lowest BCUT2D eigenvalue weighted by Crippen LogP contribution is -2.26. The number of aromatic nitrogens is 5. The number of carbonyl (C=O) groups excluding carboxylic acids is 1. The molecule has 2 aromatic carbocycles. The average Bonchev–Trinajstić information content (AvgIpc) is 3.34. The van der Waals surface area contributed by atoms with Gasteiger partial charge in [-0.25, -0.2) is 14.1 Å². The SMILES string of the molecule is CCn1nc(-c2ccc(Cl)c(F)c2)nc1CC(=O)NCc1ccc2[nH]ncc2c1. The average molecular weight is 413 g/mol. The summed E-state index contributed by atoms with van der Waals surface area (Å²) in [5.41, 5.74) is 2.43. The minimum Gasteiger partial charge on any atom is -0.352 e. The highest BCUT2D eigenvalue weighted by Crippen LogP contribution is 2.22. The van der Waals surface area contributed by atoms with Gasteiger partial charge in [0.05, 0.1) is 23.2 Å². The number of fused-ring (bicyclic) bond motifs is 1. The highest BCUT2D eigenvalue weighted by atomic mass is 35.5. The molecule has 0 bridgehead atoms. The van der Waals surface area contributed by atoms with Gasteiger partial charge in [-0.3, -0.25) is 9.89 Å². The molecule has 0 fully saturated rings. The lowest BCUT2D eigenvalue weighted by Gasteiger charge is -2.06. The number of nitrogens with zero attached hydrogens (tertiary/aromatic N) is 4. The first-order valence-electron chi connectivity index (χ1n) is 9.11. The molecule has 0 saturated carbocycles. The molecule has 9 heteroatoms. The Morgan fingerprint density at radius 2 is 2.14 bits per heavy atom. The lowest BCUT2D eigenvalue weighted by atomic mass is 10.1. The maximum absolute atomic E-state index is 13.7. The van der Waals surface area contributed by atoms with Crippen LogP contribution in [0.15, 0.2) is 42.6 Å². The van der Waals surface area contributed by atoms with E-state index in [2.05, 4.69) is 25.6 Å². The number of halogens is 2. The Hall–Kier alpha value is -3.26. The number of H-pyrrole nitrogens is 1. The Balaban J connectivity index is 1.45. The van der Waals surface area contributed by atoms with E-state index >= 15 is 0 Å². The van der Waals surface area contributed by atoms with Gasteiger partial charge in [-0.05, 0) is 42.8 Å². The molecule has 2 N–H and O–H groups in total. The third-order valence-corrected chi connectivity index (χ3v) is 4.85. The molecule has 0 aliphatic carbocycles. The van der Waals surface area contributed by atoms with Gasteiger partial charge in [0.25, 0.3) is 0 Å². The zero-order valence-electron chi connectivity index (χ0n) is 15.6. The van der Waals surface area contributed by atoms with Crippen molar-refractivity contribution in [3.63, 3.8) is 0 Å². The van der Waals surface area contributed by atoms with Crippen molar-refractivity contribution in [1.82, 2.24) is 30.3 Å².